The molecule has 0 fully saturated rings. The molecule has 4 radical (unpaired) electrons. The second-order valence-corrected chi connectivity index (χ2v) is 10.7. The molecule has 3 aromatic rings. The van der Waals surface area contributed by atoms with Gasteiger partial charge in [-0.05, 0) is 48.1 Å². The van der Waals surface area contributed by atoms with Crippen molar-refractivity contribution in [1.29, 1.82) is 0 Å². The topological polar surface area (TPSA) is 140 Å². The van der Waals surface area contributed by atoms with Crippen molar-refractivity contribution in [3.05, 3.63) is 78.9 Å². The van der Waals surface area contributed by atoms with Gasteiger partial charge in [-0.3, -0.25) is 9.11 Å². The molecule has 30 heavy (non-hydrogen) atoms. The summed E-state index contributed by atoms with van der Waals surface area (Å²) in [6.07, 6.45) is 0. The number of hydrogen-bond donors (Lipinski definition) is 2. The van der Waals surface area contributed by atoms with Gasteiger partial charge in [0.25, 0.3) is 20.2 Å². The van der Waals surface area contributed by atoms with E-state index < -0.39 is 28.2 Å². The fourth-order valence-corrected chi connectivity index (χ4v) is 5.78. The standard InChI is InChI=1S/C18H15O6PS2.2Ca.H2O/c19-26(20,21)17-10-6-15(7-11-17)25(14-4-2-1-3-5-14)16-8-12-18(13-9-16)27(22,23)24;;;/h1-13H,(H,19,20,21)(H,22,23,24);;;1H2. The van der Waals surface area contributed by atoms with Crippen LogP contribution < -0.4 is 15.9 Å². The van der Waals surface area contributed by atoms with E-state index in [0.29, 0.717) is 0 Å². The van der Waals surface area contributed by atoms with Gasteiger partial charge in [0.1, 0.15) is 0 Å². The van der Waals surface area contributed by atoms with Gasteiger partial charge in [0.05, 0.1) is 9.79 Å². The van der Waals surface area contributed by atoms with Crippen LogP contribution in [0.15, 0.2) is 88.7 Å². The minimum atomic E-state index is -4.28. The molecule has 0 amide bonds. The maximum Gasteiger partial charge on any atom is 0.294 e. The second kappa shape index (κ2) is 12.6. The van der Waals surface area contributed by atoms with Crippen LogP contribution in [0.5, 0.6) is 0 Å². The molecule has 0 heterocycles. The number of rotatable bonds is 5. The molecule has 0 bridgehead atoms. The summed E-state index contributed by atoms with van der Waals surface area (Å²) in [6.45, 7) is 0. The summed E-state index contributed by atoms with van der Waals surface area (Å²) in [4.78, 5) is -0.396. The van der Waals surface area contributed by atoms with Crippen molar-refractivity contribution in [2.45, 2.75) is 9.79 Å². The van der Waals surface area contributed by atoms with Crippen LogP contribution in [0.4, 0.5) is 0 Å². The summed E-state index contributed by atoms with van der Waals surface area (Å²) in [5, 5.41) is 2.62. The minimum Gasteiger partial charge on any atom is -0.412 e. The maximum atomic E-state index is 11.3. The summed E-state index contributed by atoms with van der Waals surface area (Å²) < 4.78 is 63.4. The fourth-order valence-electron chi connectivity index (χ4n) is 2.56. The van der Waals surface area contributed by atoms with Crippen molar-refractivity contribution in [2.75, 3.05) is 0 Å². The van der Waals surface area contributed by atoms with Gasteiger partial charge in [-0.1, -0.05) is 54.6 Å². The third-order valence-corrected chi connectivity index (χ3v) is 7.98. The quantitative estimate of drug-likeness (QED) is 0.283. The molecule has 0 aliphatic heterocycles. The number of hydrogen-bond acceptors (Lipinski definition) is 4. The summed E-state index contributed by atoms with van der Waals surface area (Å²) in [5.74, 6) is 0. The Morgan fingerprint density at radius 1 is 0.533 bits per heavy atom. The molecule has 3 rings (SSSR count). The fraction of sp³-hybridized carbons (Fsp3) is 0. The molecule has 0 aromatic heterocycles. The van der Waals surface area contributed by atoms with Gasteiger partial charge in [-0.2, -0.15) is 16.8 Å². The zero-order chi connectivity index (χ0) is 19.7. The van der Waals surface area contributed by atoms with E-state index >= 15 is 0 Å². The third-order valence-electron chi connectivity index (χ3n) is 3.80. The van der Waals surface area contributed by atoms with Crippen molar-refractivity contribution >= 4 is 120 Å². The van der Waals surface area contributed by atoms with Crippen LogP contribution in [0.1, 0.15) is 0 Å². The Morgan fingerprint density at radius 2 is 0.833 bits per heavy atom. The molecule has 0 atom stereocenters. The van der Waals surface area contributed by atoms with Crippen LogP contribution in [0, 0.1) is 0 Å². The second-order valence-electron chi connectivity index (χ2n) is 5.61. The average molecular weight is 521 g/mol. The van der Waals surface area contributed by atoms with Crippen molar-refractivity contribution in [3.63, 3.8) is 0 Å². The van der Waals surface area contributed by atoms with E-state index in [2.05, 4.69) is 0 Å². The van der Waals surface area contributed by atoms with Gasteiger partial charge < -0.3 is 5.48 Å². The molecule has 0 aliphatic rings. The van der Waals surface area contributed by atoms with E-state index in [4.69, 9.17) is 9.11 Å². The predicted molar refractivity (Wildman–Crippen MR) is 120 cm³/mol. The molecule has 12 heteroatoms. The first kappa shape index (κ1) is 30.4. The maximum absolute atomic E-state index is 11.3. The van der Waals surface area contributed by atoms with Crippen LogP contribution in [0.3, 0.4) is 0 Å². The van der Waals surface area contributed by atoms with Gasteiger partial charge in [0.2, 0.25) is 0 Å². The molecular formula is C18H17Ca2O7PS2. The normalized spacial score (nSPS) is 11.0. The summed E-state index contributed by atoms with van der Waals surface area (Å²) >= 11 is 0. The van der Waals surface area contributed by atoms with Crippen molar-refractivity contribution in [3.8, 4) is 0 Å². The Hall–Kier alpha value is 0.389. The Bertz CT molecular complexity index is 1080. The molecule has 0 spiro atoms. The first-order valence-electron chi connectivity index (χ1n) is 7.66. The zero-order valence-corrected chi connectivity index (χ0v) is 22.7. The van der Waals surface area contributed by atoms with Crippen LogP contribution in [0.25, 0.3) is 0 Å². The van der Waals surface area contributed by atoms with Crippen LogP contribution >= 0.6 is 7.92 Å². The largest absolute Gasteiger partial charge is 0.412 e. The Labute approximate surface area is 236 Å². The van der Waals surface area contributed by atoms with E-state index in [9.17, 15) is 16.8 Å². The number of benzene rings is 3. The third kappa shape index (κ3) is 7.76. The molecule has 3 aromatic carbocycles. The molecule has 0 unspecified atom stereocenters. The van der Waals surface area contributed by atoms with Gasteiger partial charge in [-0.15, -0.1) is 0 Å². The monoisotopic (exact) mass is 520 g/mol. The van der Waals surface area contributed by atoms with Crippen molar-refractivity contribution in [2.24, 2.45) is 0 Å². The zero-order valence-electron chi connectivity index (χ0n) is 15.7. The Kier molecular flexibility index (Phi) is 12.7. The van der Waals surface area contributed by atoms with Gasteiger partial charge >= 0.3 is 0 Å². The summed E-state index contributed by atoms with van der Waals surface area (Å²) in [5.41, 5.74) is 0. The predicted octanol–water partition coefficient (Wildman–Crippen LogP) is 0.352. The summed E-state index contributed by atoms with van der Waals surface area (Å²) in [7, 11) is -9.66. The first-order valence-corrected chi connectivity index (χ1v) is 11.9. The van der Waals surface area contributed by atoms with Crippen LogP contribution in [-0.2, 0) is 20.2 Å². The Morgan fingerprint density at radius 3 is 1.13 bits per heavy atom. The average Bonchev–Trinajstić information content (AvgIpc) is 2.62. The molecule has 0 saturated carbocycles. The molecule has 0 aliphatic carbocycles. The SMILES string of the molecule is O.O=S(=O)(O)c1ccc(P(c2ccccc2)c2ccc(S(=O)(=O)O)cc2)cc1.[Ca].[Ca]. The van der Waals surface area contributed by atoms with Gasteiger partial charge in [-0.25, -0.2) is 0 Å². The van der Waals surface area contributed by atoms with E-state index in [0.717, 1.165) is 15.9 Å². The molecule has 4 N–H and O–H groups in total. The van der Waals surface area contributed by atoms with E-state index in [1.165, 1.54) is 24.3 Å². The first-order chi connectivity index (χ1) is 12.7. The van der Waals surface area contributed by atoms with E-state index in [1.807, 2.05) is 30.3 Å². The molecule has 7 nitrogen and oxygen atoms in total. The van der Waals surface area contributed by atoms with Crippen molar-refractivity contribution < 1.29 is 31.4 Å². The smallest absolute Gasteiger partial charge is 0.294 e. The molecular weight excluding hydrogens is 503 g/mol. The van der Waals surface area contributed by atoms with E-state index in [1.54, 1.807) is 24.3 Å². The van der Waals surface area contributed by atoms with Crippen molar-refractivity contribution in [1.82, 2.24) is 0 Å². The van der Waals surface area contributed by atoms with Crippen LogP contribution in [-0.4, -0.2) is 107 Å². The molecule has 0 saturated heterocycles. The molecule has 152 valence electrons. The summed E-state index contributed by atoms with van der Waals surface area (Å²) in [6, 6.07) is 21.3. The Balaban J connectivity index is 0.00000280. The van der Waals surface area contributed by atoms with Gasteiger partial charge in [0, 0.05) is 75.5 Å². The minimum absolute atomic E-state index is 0. The van der Waals surface area contributed by atoms with Crippen LogP contribution in [0.2, 0.25) is 0 Å². The van der Waals surface area contributed by atoms with Gasteiger partial charge in [0.15, 0.2) is 0 Å². The van der Waals surface area contributed by atoms with E-state index in [-0.39, 0.29) is 90.7 Å².